The predicted molar refractivity (Wildman–Crippen MR) is 188 cm³/mol. The van der Waals surface area contributed by atoms with Crippen LogP contribution in [0.1, 0.15) is 47.7 Å². The third kappa shape index (κ3) is 7.16. The van der Waals surface area contributed by atoms with Gasteiger partial charge in [0.15, 0.2) is 11.5 Å². The van der Waals surface area contributed by atoms with E-state index in [0.717, 1.165) is 33.5 Å². The van der Waals surface area contributed by atoms with Gasteiger partial charge in [-0.15, -0.1) is 5.10 Å². The van der Waals surface area contributed by atoms with Crippen molar-refractivity contribution in [3.05, 3.63) is 135 Å². The van der Waals surface area contributed by atoms with Crippen molar-refractivity contribution in [2.75, 3.05) is 17.2 Å². The third-order valence-corrected chi connectivity index (χ3v) is 9.32. The number of hydrogen-bond acceptors (Lipinski definition) is 7. The van der Waals surface area contributed by atoms with Gasteiger partial charge in [0, 0.05) is 22.2 Å². The largest absolute Gasteiger partial charge is 0.490 e. The van der Waals surface area contributed by atoms with Crippen LogP contribution in [-0.2, 0) is 17.2 Å². The number of nitrogens with one attached hydrogen (secondary N) is 2. The van der Waals surface area contributed by atoms with E-state index < -0.39 is 6.04 Å². The van der Waals surface area contributed by atoms with E-state index in [1.807, 2.05) is 119 Å². The summed E-state index contributed by atoms with van der Waals surface area (Å²) in [6.45, 7) is 8.70. The first-order chi connectivity index (χ1) is 22.8. The lowest BCUT2D eigenvalue weighted by molar-refractivity contribution is -0.113. The molecule has 0 aliphatic carbocycles. The van der Waals surface area contributed by atoms with Crippen LogP contribution in [0.4, 0.5) is 11.6 Å². The minimum Gasteiger partial charge on any atom is -0.490 e. The molecule has 4 aromatic carbocycles. The molecule has 0 saturated heterocycles. The van der Waals surface area contributed by atoms with Gasteiger partial charge in [0.05, 0.1) is 12.2 Å². The average Bonchev–Trinajstić information content (AvgIpc) is 3.48. The Hall–Kier alpha value is -4.73. The molecule has 1 aromatic heterocycles. The van der Waals surface area contributed by atoms with Crippen LogP contribution in [0.2, 0.25) is 5.02 Å². The number of benzene rings is 4. The number of halogens is 1. The Kier molecular flexibility index (Phi) is 9.84. The number of nitrogens with zero attached hydrogens (tertiary/aromatic N) is 3. The Balaban J connectivity index is 1.37. The second kappa shape index (κ2) is 14.4. The lowest BCUT2D eigenvalue weighted by Gasteiger charge is -2.29. The van der Waals surface area contributed by atoms with Gasteiger partial charge in [0.25, 0.3) is 5.91 Å². The van der Waals surface area contributed by atoms with Gasteiger partial charge in [-0.2, -0.15) is 4.98 Å². The van der Waals surface area contributed by atoms with Gasteiger partial charge in [-0.05, 0) is 79.8 Å². The van der Waals surface area contributed by atoms with Crippen LogP contribution in [0.5, 0.6) is 11.5 Å². The Morgan fingerprint density at radius 2 is 1.74 bits per heavy atom. The first-order valence-electron chi connectivity index (χ1n) is 15.4. The number of thioether (sulfide) groups is 1. The summed E-state index contributed by atoms with van der Waals surface area (Å²) < 4.78 is 14.0. The molecule has 8 nitrogen and oxygen atoms in total. The Morgan fingerprint density at radius 3 is 2.53 bits per heavy atom. The number of aryl methyl sites for hydroxylation is 1. The monoisotopic (exact) mass is 665 g/mol. The normalized spacial score (nSPS) is 13.9. The molecule has 240 valence electrons. The molecule has 10 heteroatoms. The van der Waals surface area contributed by atoms with E-state index in [1.165, 1.54) is 11.8 Å². The summed E-state index contributed by atoms with van der Waals surface area (Å²) in [6, 6.07) is 28.8. The van der Waals surface area contributed by atoms with Gasteiger partial charge in [-0.1, -0.05) is 90.1 Å². The molecule has 0 saturated carbocycles. The van der Waals surface area contributed by atoms with Crippen LogP contribution in [0, 0.1) is 13.8 Å². The van der Waals surface area contributed by atoms with E-state index in [4.69, 9.17) is 31.2 Å². The second-order valence-corrected chi connectivity index (χ2v) is 12.6. The Labute approximate surface area is 284 Å². The Morgan fingerprint density at radius 1 is 0.957 bits per heavy atom. The fourth-order valence-corrected chi connectivity index (χ4v) is 6.56. The number of fused-ring (bicyclic) bond motifs is 1. The molecule has 1 amide bonds. The highest BCUT2D eigenvalue weighted by molar-refractivity contribution is 7.98. The number of anilines is 2. The molecule has 0 radical (unpaired) electrons. The first-order valence-corrected chi connectivity index (χ1v) is 16.8. The van der Waals surface area contributed by atoms with Gasteiger partial charge in [-0.25, -0.2) is 4.68 Å². The molecule has 1 atom stereocenters. The van der Waals surface area contributed by atoms with Crippen molar-refractivity contribution in [1.29, 1.82) is 0 Å². The summed E-state index contributed by atoms with van der Waals surface area (Å²) in [7, 11) is 0. The molecular formula is C37H36ClN5O3S. The highest BCUT2D eigenvalue weighted by atomic mass is 35.5. The van der Waals surface area contributed by atoms with Gasteiger partial charge in [0.1, 0.15) is 12.6 Å². The van der Waals surface area contributed by atoms with E-state index in [1.54, 1.807) is 4.68 Å². The number of ether oxygens (including phenoxy) is 2. The first kappa shape index (κ1) is 32.2. The SMILES string of the molecule is CCOc1cc(C2C(C(=O)Nc3cccc(C)c3C)=C(C)Nc3nc(SCc4ccccc4Cl)nn32)ccc1OCc1ccccc1. The Bertz CT molecular complexity index is 1940. The number of allylic oxidation sites excluding steroid dienone is 1. The zero-order valence-electron chi connectivity index (χ0n) is 26.7. The highest BCUT2D eigenvalue weighted by Crippen LogP contribution is 2.40. The van der Waals surface area contributed by atoms with Crippen LogP contribution in [0.25, 0.3) is 0 Å². The van der Waals surface area contributed by atoms with Crippen molar-refractivity contribution in [1.82, 2.24) is 14.8 Å². The highest BCUT2D eigenvalue weighted by Gasteiger charge is 2.35. The van der Waals surface area contributed by atoms with Crippen LogP contribution in [0.3, 0.4) is 0 Å². The van der Waals surface area contributed by atoms with Gasteiger partial charge in [0.2, 0.25) is 11.1 Å². The van der Waals surface area contributed by atoms with Crippen molar-refractivity contribution in [3.63, 3.8) is 0 Å². The summed E-state index contributed by atoms with van der Waals surface area (Å²) in [5, 5.41) is 12.7. The molecule has 5 aromatic rings. The fraction of sp³-hybridized carbons (Fsp3) is 0.216. The maximum atomic E-state index is 14.2. The molecule has 0 spiro atoms. The third-order valence-electron chi connectivity index (χ3n) is 8.07. The van der Waals surface area contributed by atoms with Crippen molar-refractivity contribution < 1.29 is 14.3 Å². The molecule has 1 aliphatic rings. The molecule has 0 bridgehead atoms. The molecule has 2 N–H and O–H groups in total. The van der Waals surface area contributed by atoms with E-state index in [9.17, 15) is 4.79 Å². The standard InChI is InChI=1S/C37H36ClN5O3S/c1-5-45-32-20-27(18-19-31(32)46-21-26-13-7-6-8-14-26)34-33(35(44)40-30-17-11-12-23(2)24(30)3)25(4)39-36-41-37(42-43(34)36)47-22-28-15-9-10-16-29(28)38/h6-20,34H,5,21-22H2,1-4H3,(H,40,44)(H,39,41,42). The molecule has 0 fully saturated rings. The number of carbonyl (C=O) groups is 1. The maximum absolute atomic E-state index is 14.2. The summed E-state index contributed by atoms with van der Waals surface area (Å²) in [5.41, 5.74) is 6.92. The van der Waals surface area contributed by atoms with Crippen molar-refractivity contribution in [2.24, 2.45) is 0 Å². The fourth-order valence-electron chi connectivity index (χ4n) is 5.45. The minimum absolute atomic E-state index is 0.234. The van der Waals surface area contributed by atoms with E-state index in [2.05, 4.69) is 10.6 Å². The number of amides is 1. The topological polar surface area (TPSA) is 90.3 Å². The van der Waals surface area contributed by atoms with E-state index in [-0.39, 0.29) is 5.91 Å². The van der Waals surface area contributed by atoms with Crippen LogP contribution in [0.15, 0.2) is 107 Å². The number of carbonyl (C=O) groups excluding carboxylic acids is 1. The number of rotatable bonds is 11. The average molecular weight is 666 g/mol. The number of hydrogen-bond donors (Lipinski definition) is 2. The van der Waals surface area contributed by atoms with Gasteiger partial charge in [-0.3, -0.25) is 4.79 Å². The molecule has 47 heavy (non-hydrogen) atoms. The zero-order valence-corrected chi connectivity index (χ0v) is 28.3. The zero-order chi connectivity index (χ0) is 32.9. The number of aromatic nitrogens is 3. The second-order valence-electron chi connectivity index (χ2n) is 11.2. The molecular weight excluding hydrogens is 630 g/mol. The van der Waals surface area contributed by atoms with E-state index in [0.29, 0.717) is 57.9 Å². The van der Waals surface area contributed by atoms with Crippen molar-refractivity contribution in [2.45, 2.75) is 51.3 Å². The summed E-state index contributed by atoms with van der Waals surface area (Å²) in [6.07, 6.45) is 0. The van der Waals surface area contributed by atoms with Crippen LogP contribution >= 0.6 is 23.4 Å². The van der Waals surface area contributed by atoms with Gasteiger partial charge >= 0.3 is 0 Å². The quantitative estimate of drug-likeness (QED) is 0.136. The predicted octanol–water partition coefficient (Wildman–Crippen LogP) is 8.75. The van der Waals surface area contributed by atoms with E-state index >= 15 is 0 Å². The maximum Gasteiger partial charge on any atom is 0.255 e. The van der Waals surface area contributed by atoms with Crippen LogP contribution < -0.4 is 20.1 Å². The molecule has 1 aliphatic heterocycles. The molecule has 2 heterocycles. The van der Waals surface area contributed by atoms with Crippen molar-refractivity contribution in [3.8, 4) is 11.5 Å². The lowest BCUT2D eigenvalue weighted by atomic mass is 9.94. The van der Waals surface area contributed by atoms with Crippen LogP contribution in [-0.4, -0.2) is 27.3 Å². The molecule has 6 rings (SSSR count). The minimum atomic E-state index is -0.596. The summed E-state index contributed by atoms with van der Waals surface area (Å²) in [5.74, 6) is 2.11. The smallest absolute Gasteiger partial charge is 0.255 e. The summed E-state index contributed by atoms with van der Waals surface area (Å²) in [4.78, 5) is 19.0. The summed E-state index contributed by atoms with van der Waals surface area (Å²) >= 11 is 7.90. The van der Waals surface area contributed by atoms with Crippen molar-refractivity contribution >= 4 is 40.9 Å². The lowest BCUT2D eigenvalue weighted by Crippen LogP contribution is -2.31. The van der Waals surface area contributed by atoms with Gasteiger partial charge < -0.3 is 20.1 Å². The molecule has 1 unspecified atom stereocenters.